The molecule has 0 saturated carbocycles. The van der Waals surface area contributed by atoms with Crippen molar-refractivity contribution in [3.05, 3.63) is 32.8 Å². The van der Waals surface area contributed by atoms with E-state index in [1.807, 2.05) is 11.0 Å². The second-order valence-electron chi connectivity index (χ2n) is 5.33. The lowest BCUT2D eigenvalue weighted by Gasteiger charge is -2.32. The third-order valence-electron chi connectivity index (χ3n) is 3.85. The van der Waals surface area contributed by atoms with Crippen molar-refractivity contribution in [3.8, 4) is 0 Å². The predicted molar refractivity (Wildman–Crippen MR) is 87.0 cm³/mol. The maximum atomic E-state index is 11.5. The van der Waals surface area contributed by atoms with Crippen molar-refractivity contribution in [1.29, 1.82) is 0 Å². The lowest BCUT2D eigenvalue weighted by Crippen LogP contribution is -2.34. The minimum absolute atomic E-state index is 0.109. The molecule has 0 bridgehead atoms. The van der Waals surface area contributed by atoms with Gasteiger partial charge in [0.1, 0.15) is 5.69 Å². The summed E-state index contributed by atoms with van der Waals surface area (Å²) in [5, 5.41) is 11.2. The van der Waals surface area contributed by atoms with Crippen LogP contribution in [0, 0.1) is 16.0 Å². The molecule has 0 radical (unpaired) electrons. The Morgan fingerprint density at radius 1 is 1.45 bits per heavy atom. The Kier molecular flexibility index (Phi) is 5.76. The molecule has 0 N–H and O–H groups in total. The lowest BCUT2D eigenvalue weighted by molar-refractivity contribution is -0.384. The fourth-order valence-corrected chi connectivity index (χ4v) is 3.09. The SMILES string of the molecule is CCOC(=O)CC1CCN(c2ccc(Br)cc2[N+](=O)[O-])CC1. The fourth-order valence-electron chi connectivity index (χ4n) is 2.74. The number of nitro groups is 1. The maximum absolute atomic E-state index is 11.5. The number of ether oxygens (including phenoxy) is 1. The molecule has 0 amide bonds. The molecule has 1 aromatic carbocycles. The number of esters is 1. The number of hydrogen-bond acceptors (Lipinski definition) is 5. The van der Waals surface area contributed by atoms with Crippen LogP contribution in [0.4, 0.5) is 11.4 Å². The number of carbonyl (C=O) groups is 1. The van der Waals surface area contributed by atoms with Crippen molar-refractivity contribution < 1.29 is 14.5 Å². The van der Waals surface area contributed by atoms with Crippen molar-refractivity contribution in [1.82, 2.24) is 0 Å². The first-order valence-corrected chi connectivity index (χ1v) is 8.15. The minimum atomic E-state index is -0.356. The maximum Gasteiger partial charge on any atom is 0.306 e. The Labute approximate surface area is 137 Å². The molecule has 1 aliphatic rings. The van der Waals surface area contributed by atoms with E-state index in [4.69, 9.17) is 4.74 Å². The van der Waals surface area contributed by atoms with Crippen molar-refractivity contribution in [3.63, 3.8) is 0 Å². The molecule has 1 fully saturated rings. The van der Waals surface area contributed by atoms with Crippen molar-refractivity contribution in [2.75, 3.05) is 24.6 Å². The molecule has 0 atom stereocenters. The molecule has 7 heteroatoms. The molecule has 1 heterocycles. The van der Waals surface area contributed by atoms with E-state index in [0.717, 1.165) is 12.8 Å². The molecular weight excluding hydrogens is 352 g/mol. The molecule has 0 aromatic heterocycles. The summed E-state index contributed by atoms with van der Waals surface area (Å²) in [6.07, 6.45) is 2.11. The van der Waals surface area contributed by atoms with Gasteiger partial charge in [0, 0.05) is 30.0 Å². The Balaban J connectivity index is 2.00. The van der Waals surface area contributed by atoms with Gasteiger partial charge in [0.05, 0.1) is 11.5 Å². The van der Waals surface area contributed by atoms with Gasteiger partial charge in [-0.25, -0.2) is 0 Å². The van der Waals surface area contributed by atoms with Crippen LogP contribution in [0.25, 0.3) is 0 Å². The average molecular weight is 371 g/mol. The van der Waals surface area contributed by atoms with E-state index in [0.29, 0.717) is 42.2 Å². The molecule has 6 nitrogen and oxygen atoms in total. The second-order valence-corrected chi connectivity index (χ2v) is 6.25. The topological polar surface area (TPSA) is 72.7 Å². The molecule has 2 rings (SSSR count). The van der Waals surface area contributed by atoms with Crippen LogP contribution in [0.2, 0.25) is 0 Å². The zero-order chi connectivity index (χ0) is 16.1. The van der Waals surface area contributed by atoms with Crippen molar-refractivity contribution in [2.45, 2.75) is 26.2 Å². The Bertz CT molecular complexity index is 556. The number of halogens is 1. The number of piperidine rings is 1. The molecule has 1 aliphatic heterocycles. The van der Waals surface area contributed by atoms with Crippen LogP contribution in [-0.4, -0.2) is 30.6 Å². The number of nitrogens with zero attached hydrogens (tertiary/aromatic N) is 2. The molecular formula is C15H19BrN2O4. The van der Waals surface area contributed by atoms with Gasteiger partial charge in [-0.2, -0.15) is 0 Å². The van der Waals surface area contributed by atoms with Crippen LogP contribution in [0.1, 0.15) is 26.2 Å². The second kappa shape index (κ2) is 7.58. The van der Waals surface area contributed by atoms with E-state index in [2.05, 4.69) is 15.9 Å². The number of rotatable bonds is 5. The van der Waals surface area contributed by atoms with Gasteiger partial charge in [-0.15, -0.1) is 0 Å². The summed E-state index contributed by atoms with van der Waals surface area (Å²) in [5.74, 6) is 0.139. The molecule has 120 valence electrons. The molecule has 1 aromatic rings. The number of anilines is 1. The fraction of sp³-hybridized carbons (Fsp3) is 0.533. The third-order valence-corrected chi connectivity index (χ3v) is 4.34. The highest BCUT2D eigenvalue weighted by Crippen LogP contribution is 2.34. The summed E-state index contributed by atoms with van der Waals surface area (Å²) in [6, 6.07) is 5.11. The average Bonchev–Trinajstić information content (AvgIpc) is 2.48. The molecule has 22 heavy (non-hydrogen) atoms. The zero-order valence-electron chi connectivity index (χ0n) is 12.5. The highest BCUT2D eigenvalue weighted by atomic mass is 79.9. The van der Waals surface area contributed by atoms with Crippen LogP contribution in [-0.2, 0) is 9.53 Å². The van der Waals surface area contributed by atoms with Crippen LogP contribution in [0.5, 0.6) is 0 Å². The Morgan fingerprint density at radius 2 is 2.14 bits per heavy atom. The van der Waals surface area contributed by atoms with Crippen LogP contribution in [0.15, 0.2) is 22.7 Å². The van der Waals surface area contributed by atoms with Crippen LogP contribution in [0.3, 0.4) is 0 Å². The van der Waals surface area contributed by atoms with Gasteiger partial charge in [-0.3, -0.25) is 14.9 Å². The standard InChI is InChI=1S/C15H19BrN2O4/c1-2-22-15(19)9-11-5-7-17(8-6-11)13-4-3-12(16)10-14(13)18(20)21/h3-4,10-11H,2,5-9H2,1H3. The smallest absolute Gasteiger partial charge is 0.306 e. The van der Waals surface area contributed by atoms with Gasteiger partial charge in [0.25, 0.3) is 5.69 Å². The summed E-state index contributed by atoms with van der Waals surface area (Å²) < 4.78 is 5.67. The van der Waals surface area contributed by atoms with Gasteiger partial charge >= 0.3 is 5.97 Å². The van der Waals surface area contributed by atoms with E-state index in [-0.39, 0.29) is 16.6 Å². The van der Waals surface area contributed by atoms with E-state index in [1.54, 1.807) is 13.0 Å². The summed E-state index contributed by atoms with van der Waals surface area (Å²) in [7, 11) is 0. The number of nitro benzene ring substituents is 1. The van der Waals surface area contributed by atoms with E-state index in [9.17, 15) is 14.9 Å². The number of benzene rings is 1. The number of hydrogen-bond donors (Lipinski definition) is 0. The summed E-state index contributed by atoms with van der Waals surface area (Å²) in [6.45, 7) is 3.63. The van der Waals surface area contributed by atoms with Crippen molar-refractivity contribution >= 4 is 33.3 Å². The van der Waals surface area contributed by atoms with Gasteiger partial charge in [-0.1, -0.05) is 15.9 Å². The van der Waals surface area contributed by atoms with Gasteiger partial charge in [0.2, 0.25) is 0 Å². The Hall–Kier alpha value is -1.63. The molecule has 0 unspecified atom stereocenters. The lowest BCUT2D eigenvalue weighted by atomic mass is 9.93. The quantitative estimate of drug-likeness (QED) is 0.450. The first-order valence-electron chi connectivity index (χ1n) is 7.35. The summed E-state index contributed by atoms with van der Waals surface area (Å²) in [4.78, 5) is 24.4. The first kappa shape index (κ1) is 16.7. The highest BCUT2D eigenvalue weighted by molar-refractivity contribution is 9.10. The normalized spacial score (nSPS) is 15.6. The van der Waals surface area contributed by atoms with E-state index < -0.39 is 0 Å². The van der Waals surface area contributed by atoms with E-state index >= 15 is 0 Å². The Morgan fingerprint density at radius 3 is 2.73 bits per heavy atom. The van der Waals surface area contributed by atoms with Gasteiger partial charge < -0.3 is 9.64 Å². The summed E-state index contributed by atoms with van der Waals surface area (Å²) in [5.41, 5.74) is 0.751. The van der Waals surface area contributed by atoms with Crippen LogP contribution < -0.4 is 4.90 Å². The van der Waals surface area contributed by atoms with Gasteiger partial charge in [0.15, 0.2) is 0 Å². The highest BCUT2D eigenvalue weighted by Gasteiger charge is 2.26. The molecule has 0 spiro atoms. The summed E-state index contributed by atoms with van der Waals surface area (Å²) >= 11 is 3.27. The minimum Gasteiger partial charge on any atom is -0.466 e. The van der Waals surface area contributed by atoms with E-state index in [1.165, 1.54) is 6.07 Å². The first-order chi connectivity index (χ1) is 10.5. The zero-order valence-corrected chi connectivity index (χ0v) is 14.0. The third kappa shape index (κ3) is 4.19. The number of carbonyl (C=O) groups excluding carboxylic acids is 1. The predicted octanol–water partition coefficient (Wildman–Crippen LogP) is 3.53. The molecule has 0 aliphatic carbocycles. The van der Waals surface area contributed by atoms with Crippen LogP contribution >= 0.6 is 15.9 Å². The monoisotopic (exact) mass is 370 g/mol. The largest absolute Gasteiger partial charge is 0.466 e. The molecule has 1 saturated heterocycles. The van der Waals surface area contributed by atoms with Gasteiger partial charge in [-0.05, 0) is 37.8 Å². The van der Waals surface area contributed by atoms with Crippen molar-refractivity contribution in [2.24, 2.45) is 5.92 Å².